The van der Waals surface area contributed by atoms with Crippen LogP contribution in [0.4, 0.5) is 0 Å². The summed E-state index contributed by atoms with van der Waals surface area (Å²) < 4.78 is 5.94. The van der Waals surface area contributed by atoms with Crippen molar-refractivity contribution in [3.63, 3.8) is 0 Å². The minimum atomic E-state index is -0.756. The van der Waals surface area contributed by atoms with Gasteiger partial charge in [-0.25, -0.2) is 0 Å². The third kappa shape index (κ3) is 2.80. The van der Waals surface area contributed by atoms with Crippen LogP contribution in [0.3, 0.4) is 0 Å². The third-order valence-electron chi connectivity index (χ3n) is 4.32. The molecular weight excluding hydrogens is 218 g/mol. The Hall–Kier alpha value is -0.610. The minimum Gasteiger partial charge on any atom is -0.480 e. The van der Waals surface area contributed by atoms with E-state index < -0.39 is 12.0 Å². The zero-order valence-corrected chi connectivity index (χ0v) is 10.7. The van der Waals surface area contributed by atoms with E-state index in [1.165, 1.54) is 19.3 Å². The molecule has 4 atom stereocenters. The molecule has 0 radical (unpaired) electrons. The highest BCUT2D eigenvalue weighted by molar-refractivity contribution is 5.74. The van der Waals surface area contributed by atoms with Crippen molar-refractivity contribution in [1.29, 1.82) is 0 Å². The van der Waals surface area contributed by atoms with E-state index in [1.807, 2.05) is 13.8 Å². The van der Waals surface area contributed by atoms with Crippen molar-refractivity contribution in [2.75, 3.05) is 0 Å². The van der Waals surface area contributed by atoms with E-state index in [0.717, 1.165) is 12.8 Å². The van der Waals surface area contributed by atoms with Crippen LogP contribution in [0.15, 0.2) is 0 Å². The second kappa shape index (κ2) is 5.36. The van der Waals surface area contributed by atoms with Crippen LogP contribution in [0.5, 0.6) is 0 Å². The second-order valence-corrected chi connectivity index (χ2v) is 5.50. The van der Waals surface area contributed by atoms with Gasteiger partial charge in [-0.15, -0.1) is 0 Å². The number of hydrogen-bond acceptors (Lipinski definition) is 3. The van der Waals surface area contributed by atoms with E-state index in [1.54, 1.807) is 0 Å². The molecule has 0 amide bonds. The molecule has 4 nitrogen and oxygen atoms in total. The molecule has 1 heterocycles. The number of nitrogens with one attached hydrogen (secondary N) is 1. The van der Waals surface area contributed by atoms with Gasteiger partial charge in [0.2, 0.25) is 0 Å². The lowest BCUT2D eigenvalue weighted by Crippen LogP contribution is -2.59. The van der Waals surface area contributed by atoms with Gasteiger partial charge >= 0.3 is 5.97 Å². The molecule has 4 heteroatoms. The molecule has 2 fully saturated rings. The summed E-state index contributed by atoms with van der Waals surface area (Å²) in [6.07, 6.45) is 6.06. The van der Waals surface area contributed by atoms with Gasteiger partial charge in [-0.05, 0) is 25.7 Å². The van der Waals surface area contributed by atoms with Crippen LogP contribution >= 0.6 is 0 Å². The Morgan fingerprint density at radius 1 is 1.24 bits per heavy atom. The van der Waals surface area contributed by atoms with E-state index in [2.05, 4.69) is 5.32 Å². The van der Waals surface area contributed by atoms with Crippen molar-refractivity contribution in [3.05, 3.63) is 0 Å². The number of aliphatic carboxylic acids is 1. The molecular formula is C13H23NO3. The van der Waals surface area contributed by atoms with Gasteiger partial charge in [0.15, 0.2) is 0 Å². The zero-order chi connectivity index (χ0) is 12.4. The maximum atomic E-state index is 11.2. The van der Waals surface area contributed by atoms with Crippen LogP contribution in [0.2, 0.25) is 0 Å². The number of ether oxygens (including phenoxy) is 1. The van der Waals surface area contributed by atoms with Gasteiger partial charge in [-0.2, -0.15) is 0 Å². The van der Waals surface area contributed by atoms with Gasteiger partial charge in [0.05, 0.1) is 6.10 Å². The zero-order valence-electron chi connectivity index (χ0n) is 10.7. The highest BCUT2D eigenvalue weighted by Crippen LogP contribution is 2.31. The van der Waals surface area contributed by atoms with Gasteiger partial charge in [0, 0.05) is 5.92 Å². The first-order chi connectivity index (χ1) is 8.09. The molecule has 2 N–H and O–H groups in total. The molecule has 0 bridgehead atoms. The molecule has 1 saturated carbocycles. The number of carbonyl (C=O) groups is 1. The summed E-state index contributed by atoms with van der Waals surface area (Å²) in [5.41, 5.74) is 0. The number of carboxylic acid groups (broad SMARTS) is 1. The third-order valence-corrected chi connectivity index (χ3v) is 4.32. The average molecular weight is 241 g/mol. The molecule has 1 aliphatic carbocycles. The Balaban J connectivity index is 2.01. The smallest absolute Gasteiger partial charge is 0.321 e. The van der Waals surface area contributed by atoms with Crippen LogP contribution in [-0.4, -0.2) is 29.4 Å². The van der Waals surface area contributed by atoms with Gasteiger partial charge in [0.25, 0.3) is 0 Å². The van der Waals surface area contributed by atoms with E-state index in [9.17, 15) is 9.90 Å². The summed E-state index contributed by atoms with van der Waals surface area (Å²) in [5, 5.41) is 12.4. The van der Waals surface area contributed by atoms with Crippen LogP contribution in [-0.2, 0) is 9.53 Å². The van der Waals surface area contributed by atoms with Crippen LogP contribution in [0.1, 0.15) is 46.0 Å². The molecule has 1 unspecified atom stereocenters. The molecule has 0 spiro atoms. The molecule has 2 aliphatic rings. The van der Waals surface area contributed by atoms with Crippen LogP contribution in [0, 0.1) is 11.8 Å². The molecule has 17 heavy (non-hydrogen) atoms. The summed E-state index contributed by atoms with van der Waals surface area (Å²) >= 11 is 0. The molecule has 2 rings (SSSR count). The predicted molar refractivity (Wildman–Crippen MR) is 64.6 cm³/mol. The predicted octanol–water partition coefficient (Wildman–Crippen LogP) is 1.99. The highest BCUT2D eigenvalue weighted by atomic mass is 16.5. The van der Waals surface area contributed by atoms with Gasteiger partial charge in [-0.3, -0.25) is 10.1 Å². The van der Waals surface area contributed by atoms with Crippen molar-refractivity contribution < 1.29 is 14.6 Å². The Kier molecular flexibility index (Phi) is 4.05. The lowest BCUT2D eigenvalue weighted by Gasteiger charge is -2.42. The van der Waals surface area contributed by atoms with Crippen molar-refractivity contribution in [2.24, 2.45) is 11.8 Å². The fourth-order valence-electron chi connectivity index (χ4n) is 2.97. The number of rotatable bonds is 2. The Labute approximate surface area is 103 Å². The summed E-state index contributed by atoms with van der Waals surface area (Å²) in [4.78, 5) is 11.2. The fraction of sp³-hybridized carbons (Fsp3) is 0.923. The lowest BCUT2D eigenvalue weighted by atomic mass is 9.85. The summed E-state index contributed by atoms with van der Waals surface area (Å²) in [7, 11) is 0. The van der Waals surface area contributed by atoms with Gasteiger partial charge in [-0.1, -0.05) is 26.2 Å². The van der Waals surface area contributed by atoms with Gasteiger partial charge < -0.3 is 9.84 Å². The topological polar surface area (TPSA) is 58.6 Å². The normalized spacial score (nSPS) is 40.1. The maximum absolute atomic E-state index is 11.2. The molecule has 0 aromatic carbocycles. The first-order valence-corrected chi connectivity index (χ1v) is 6.74. The highest BCUT2D eigenvalue weighted by Gasteiger charge is 2.40. The van der Waals surface area contributed by atoms with Crippen LogP contribution in [0.25, 0.3) is 0 Å². The summed E-state index contributed by atoms with van der Waals surface area (Å²) in [5.74, 6) is -0.249. The van der Waals surface area contributed by atoms with E-state index in [-0.39, 0.29) is 18.2 Å². The Morgan fingerprint density at radius 2 is 1.88 bits per heavy atom. The van der Waals surface area contributed by atoms with Crippen molar-refractivity contribution >= 4 is 5.97 Å². The molecule has 98 valence electrons. The maximum Gasteiger partial charge on any atom is 0.321 e. The van der Waals surface area contributed by atoms with E-state index in [0.29, 0.717) is 5.92 Å². The Morgan fingerprint density at radius 3 is 2.47 bits per heavy atom. The van der Waals surface area contributed by atoms with Gasteiger partial charge in [0.1, 0.15) is 12.3 Å². The molecule has 1 saturated heterocycles. The average Bonchev–Trinajstić information content (AvgIpc) is 2.33. The van der Waals surface area contributed by atoms with E-state index >= 15 is 0 Å². The molecule has 1 aliphatic heterocycles. The minimum absolute atomic E-state index is 0.0178. The number of carboxylic acids is 1. The fourth-order valence-corrected chi connectivity index (χ4v) is 2.97. The summed E-state index contributed by atoms with van der Waals surface area (Å²) in [6.45, 7) is 3.92. The first kappa shape index (κ1) is 12.8. The standard InChI is InChI=1S/C13H23NO3/c1-8-9(2)17-12(14-11(8)13(15)16)10-6-4-3-5-7-10/h8-12,14H,3-7H2,1-2H3,(H,15,16)/t8-,9-,11?,12+/m0/s1. The monoisotopic (exact) mass is 241 g/mol. The summed E-state index contributed by atoms with van der Waals surface area (Å²) in [6, 6.07) is -0.467. The van der Waals surface area contributed by atoms with Crippen molar-refractivity contribution in [2.45, 2.75) is 64.3 Å². The van der Waals surface area contributed by atoms with Crippen molar-refractivity contribution in [3.8, 4) is 0 Å². The molecule has 0 aromatic heterocycles. The number of hydrogen-bond donors (Lipinski definition) is 2. The Bertz CT molecular complexity index is 276. The van der Waals surface area contributed by atoms with E-state index in [4.69, 9.17) is 4.74 Å². The first-order valence-electron chi connectivity index (χ1n) is 6.74. The quantitative estimate of drug-likeness (QED) is 0.776. The van der Waals surface area contributed by atoms with Crippen LogP contribution < -0.4 is 5.32 Å². The largest absolute Gasteiger partial charge is 0.480 e. The lowest BCUT2D eigenvalue weighted by molar-refractivity contribution is -0.162. The SMILES string of the molecule is C[C@@H]1O[C@H](C2CCCCC2)NC(C(=O)O)[C@H]1C. The molecule has 0 aromatic rings. The van der Waals surface area contributed by atoms with Crippen molar-refractivity contribution in [1.82, 2.24) is 5.32 Å². The second-order valence-electron chi connectivity index (χ2n) is 5.50.